The lowest BCUT2D eigenvalue weighted by molar-refractivity contribution is 0.465. The molecular formula is C58H43N. The zero-order valence-electron chi connectivity index (χ0n) is 33.3. The Kier molecular flexibility index (Phi) is 7.38. The van der Waals surface area contributed by atoms with Gasteiger partial charge in [-0.3, -0.25) is 0 Å². The largest absolute Gasteiger partial charge is 0.310 e. The predicted octanol–water partition coefficient (Wildman–Crippen LogP) is 15.0. The van der Waals surface area contributed by atoms with Crippen LogP contribution in [0.4, 0.5) is 17.1 Å². The van der Waals surface area contributed by atoms with Crippen molar-refractivity contribution >= 4 is 17.1 Å². The maximum absolute atomic E-state index is 2.54. The van der Waals surface area contributed by atoms with Crippen molar-refractivity contribution in [2.45, 2.75) is 30.6 Å². The molecule has 0 fully saturated rings. The highest BCUT2D eigenvalue weighted by Crippen LogP contribution is 2.66. The summed E-state index contributed by atoms with van der Waals surface area (Å²) in [5.74, 6) is 0.587. The molecule has 1 nitrogen and oxygen atoms in total. The summed E-state index contributed by atoms with van der Waals surface area (Å²) in [6.45, 7) is 4.80. The first-order chi connectivity index (χ1) is 29.0. The van der Waals surface area contributed by atoms with Gasteiger partial charge >= 0.3 is 0 Å². The number of nitrogens with zero attached hydrogens (tertiary/aromatic N) is 1. The fourth-order valence-corrected chi connectivity index (χ4v) is 11.4. The maximum Gasteiger partial charge on any atom is 0.0540 e. The molecule has 8 aromatic carbocycles. The molecule has 0 aromatic heterocycles. The third-order valence-electron chi connectivity index (χ3n) is 14.0. The van der Waals surface area contributed by atoms with E-state index >= 15 is 0 Å². The van der Waals surface area contributed by atoms with Gasteiger partial charge in [0.2, 0.25) is 0 Å². The van der Waals surface area contributed by atoms with Crippen LogP contribution in [0.25, 0.3) is 44.5 Å². The van der Waals surface area contributed by atoms with Crippen LogP contribution >= 0.6 is 0 Å². The van der Waals surface area contributed by atoms with Crippen molar-refractivity contribution in [3.05, 3.63) is 246 Å². The number of anilines is 3. The number of allylic oxidation sites excluding steroid dienone is 4. The first-order valence-corrected chi connectivity index (χ1v) is 21.0. The van der Waals surface area contributed by atoms with Crippen molar-refractivity contribution < 1.29 is 0 Å². The number of hydrogen-bond acceptors (Lipinski definition) is 1. The minimum atomic E-state index is -0.312. The molecule has 4 aliphatic rings. The van der Waals surface area contributed by atoms with Gasteiger partial charge in [0.25, 0.3) is 0 Å². The zero-order chi connectivity index (χ0) is 39.3. The van der Waals surface area contributed by atoms with Crippen LogP contribution in [0.2, 0.25) is 0 Å². The van der Waals surface area contributed by atoms with Crippen LogP contribution in [0.1, 0.15) is 53.1 Å². The Hall–Kier alpha value is -6.96. The lowest BCUT2D eigenvalue weighted by Gasteiger charge is -2.37. The van der Waals surface area contributed by atoms with Crippen molar-refractivity contribution in [2.24, 2.45) is 5.92 Å². The van der Waals surface area contributed by atoms with Gasteiger partial charge in [0.05, 0.1) is 11.1 Å². The molecular weight excluding hydrogens is 711 g/mol. The Bertz CT molecular complexity index is 3040. The SMILES string of the molecule is CC1(C)c2cc(-c3ccccc3)ccc2-c2ccc(N(c3ccc4c(c3)C3(c5ccccc5-4)c4ccccc4C4C=CC=CC43)c3ccccc3-c3ccccc3)cc21. The zero-order valence-corrected chi connectivity index (χ0v) is 33.3. The quantitative estimate of drug-likeness (QED) is 0.169. The van der Waals surface area contributed by atoms with Gasteiger partial charge in [0.1, 0.15) is 0 Å². The minimum Gasteiger partial charge on any atom is -0.310 e. The van der Waals surface area contributed by atoms with Crippen LogP contribution in [0.15, 0.2) is 212 Å². The summed E-state index contributed by atoms with van der Waals surface area (Å²) in [4.78, 5) is 2.53. The molecule has 1 spiro atoms. The lowest BCUT2D eigenvalue weighted by atomic mass is 9.65. The van der Waals surface area contributed by atoms with E-state index in [4.69, 9.17) is 0 Å². The Morgan fingerprint density at radius 1 is 0.390 bits per heavy atom. The van der Waals surface area contributed by atoms with Gasteiger partial charge in [-0.15, -0.1) is 0 Å². The van der Waals surface area contributed by atoms with Crippen molar-refractivity contribution in [1.82, 2.24) is 0 Å². The standard InChI is InChI=1S/C58H43N/c1-57(2)53-35-40(38-17-5-3-6-18-38)29-32-47(53)48-33-30-41(36-54(48)57)59(56-28-16-12-21-43(56)39-19-7-4-8-20-39)42-31-34-49-46-24-11-15-27-52(46)58(55(49)37-42)50-25-13-9-22-44(50)45-23-10-14-26-51(45)58/h3-37,44,50H,1-2H3. The highest BCUT2D eigenvalue weighted by Gasteiger charge is 2.57. The van der Waals surface area contributed by atoms with Gasteiger partial charge < -0.3 is 4.90 Å². The van der Waals surface area contributed by atoms with Crippen LogP contribution in [-0.4, -0.2) is 0 Å². The molecule has 3 unspecified atom stereocenters. The Morgan fingerprint density at radius 2 is 0.932 bits per heavy atom. The van der Waals surface area contributed by atoms with E-state index in [2.05, 4.69) is 231 Å². The van der Waals surface area contributed by atoms with E-state index in [1.165, 1.54) is 77.9 Å². The number of benzene rings is 8. The maximum atomic E-state index is 2.54. The third kappa shape index (κ3) is 4.79. The molecule has 1 heteroatoms. The summed E-state index contributed by atoms with van der Waals surface area (Å²) in [7, 11) is 0. The van der Waals surface area contributed by atoms with Crippen LogP contribution < -0.4 is 4.90 Å². The van der Waals surface area contributed by atoms with Crippen molar-refractivity contribution in [2.75, 3.05) is 4.90 Å². The second-order valence-corrected chi connectivity index (χ2v) is 17.2. The lowest BCUT2D eigenvalue weighted by Crippen LogP contribution is -2.33. The van der Waals surface area contributed by atoms with Crippen molar-refractivity contribution in [3.63, 3.8) is 0 Å². The summed E-state index contributed by atoms with van der Waals surface area (Å²) in [5.41, 5.74) is 21.6. The fourth-order valence-electron chi connectivity index (χ4n) is 11.4. The third-order valence-corrected chi connectivity index (χ3v) is 14.0. The van der Waals surface area contributed by atoms with E-state index in [-0.39, 0.29) is 16.7 Å². The molecule has 0 bridgehead atoms. The Morgan fingerprint density at radius 3 is 1.69 bits per heavy atom. The molecule has 0 N–H and O–H groups in total. The Balaban J connectivity index is 1.08. The first-order valence-electron chi connectivity index (χ1n) is 21.0. The smallest absolute Gasteiger partial charge is 0.0540 e. The number of rotatable bonds is 5. The van der Waals surface area contributed by atoms with E-state index in [0.29, 0.717) is 5.92 Å². The van der Waals surface area contributed by atoms with Crippen LogP contribution in [0, 0.1) is 5.92 Å². The topological polar surface area (TPSA) is 3.24 Å². The highest BCUT2D eigenvalue weighted by molar-refractivity contribution is 5.94. The van der Waals surface area contributed by atoms with E-state index in [9.17, 15) is 0 Å². The number of fused-ring (bicyclic) bond motifs is 13. The summed E-state index contributed by atoms with van der Waals surface area (Å²) in [5, 5.41) is 0. The molecule has 3 atom stereocenters. The second-order valence-electron chi connectivity index (χ2n) is 17.2. The van der Waals surface area contributed by atoms with Crippen LogP contribution in [0.3, 0.4) is 0 Å². The van der Waals surface area contributed by atoms with Gasteiger partial charge in [-0.1, -0.05) is 190 Å². The molecule has 0 saturated heterocycles. The predicted molar refractivity (Wildman–Crippen MR) is 246 cm³/mol. The van der Waals surface area contributed by atoms with Gasteiger partial charge in [-0.25, -0.2) is 0 Å². The van der Waals surface area contributed by atoms with Gasteiger partial charge in [0, 0.05) is 34.2 Å². The molecule has 0 amide bonds. The Labute approximate surface area is 347 Å². The molecule has 0 radical (unpaired) electrons. The molecule has 0 heterocycles. The van der Waals surface area contributed by atoms with Crippen molar-refractivity contribution in [3.8, 4) is 44.5 Å². The van der Waals surface area contributed by atoms with Gasteiger partial charge in [-0.05, 0) is 109 Å². The van der Waals surface area contributed by atoms with Gasteiger partial charge in [-0.2, -0.15) is 0 Å². The molecule has 8 aromatic rings. The van der Waals surface area contributed by atoms with E-state index in [0.717, 1.165) is 17.1 Å². The fraction of sp³-hybridized carbons (Fsp3) is 0.103. The molecule has 12 rings (SSSR count). The van der Waals surface area contributed by atoms with E-state index in [1.807, 2.05) is 0 Å². The summed E-state index contributed by atoms with van der Waals surface area (Å²) >= 11 is 0. The normalized spacial score (nSPS) is 19.4. The molecule has 0 saturated carbocycles. The molecule has 59 heavy (non-hydrogen) atoms. The average molecular weight is 754 g/mol. The van der Waals surface area contributed by atoms with Crippen molar-refractivity contribution in [1.29, 1.82) is 0 Å². The molecule has 4 aliphatic carbocycles. The summed E-state index contributed by atoms with van der Waals surface area (Å²) in [6, 6.07) is 70.5. The van der Waals surface area contributed by atoms with Crippen LogP contribution in [-0.2, 0) is 10.8 Å². The second kappa shape index (κ2) is 12.8. The molecule has 0 aliphatic heterocycles. The van der Waals surface area contributed by atoms with E-state index < -0.39 is 0 Å². The first kappa shape index (κ1) is 34.1. The van der Waals surface area contributed by atoms with E-state index in [1.54, 1.807) is 0 Å². The monoisotopic (exact) mass is 753 g/mol. The highest BCUT2D eigenvalue weighted by atomic mass is 15.1. The molecule has 280 valence electrons. The van der Waals surface area contributed by atoms with Gasteiger partial charge in [0.15, 0.2) is 0 Å². The minimum absolute atomic E-state index is 0.191. The average Bonchev–Trinajstić information content (AvgIpc) is 3.85. The van der Waals surface area contributed by atoms with Crippen LogP contribution in [0.5, 0.6) is 0 Å². The number of hydrogen-bond donors (Lipinski definition) is 0. The summed E-state index contributed by atoms with van der Waals surface area (Å²) < 4.78 is 0. The number of para-hydroxylation sites is 1. The summed E-state index contributed by atoms with van der Waals surface area (Å²) in [6.07, 6.45) is 9.43.